The van der Waals surface area contributed by atoms with E-state index in [2.05, 4.69) is 5.32 Å². The maximum atomic E-state index is 13.3. The number of amides is 2. The van der Waals surface area contributed by atoms with Crippen molar-refractivity contribution in [2.24, 2.45) is 0 Å². The SMILES string of the molecule is CN(CCO)C(=O)Nc1c(F)cc(Cl)cc1F. The molecule has 4 nitrogen and oxygen atoms in total. The predicted molar refractivity (Wildman–Crippen MR) is 60.1 cm³/mol. The highest BCUT2D eigenvalue weighted by Gasteiger charge is 2.15. The molecule has 0 bridgehead atoms. The highest BCUT2D eigenvalue weighted by Crippen LogP contribution is 2.23. The zero-order valence-corrected chi connectivity index (χ0v) is 9.76. The lowest BCUT2D eigenvalue weighted by Gasteiger charge is -2.17. The molecule has 0 radical (unpaired) electrons. The van der Waals surface area contributed by atoms with Gasteiger partial charge in [0.25, 0.3) is 0 Å². The summed E-state index contributed by atoms with van der Waals surface area (Å²) < 4.78 is 26.6. The van der Waals surface area contributed by atoms with Crippen molar-refractivity contribution in [2.75, 3.05) is 25.5 Å². The van der Waals surface area contributed by atoms with Gasteiger partial charge in [0.1, 0.15) is 5.69 Å². The summed E-state index contributed by atoms with van der Waals surface area (Å²) in [5, 5.41) is 10.6. The third-order valence-corrected chi connectivity index (χ3v) is 2.24. The third-order valence-electron chi connectivity index (χ3n) is 2.02. The molecule has 0 aromatic heterocycles. The Labute approximate surface area is 102 Å². The first-order chi connectivity index (χ1) is 7.95. The summed E-state index contributed by atoms with van der Waals surface area (Å²) in [5.41, 5.74) is -0.566. The number of nitrogens with zero attached hydrogens (tertiary/aromatic N) is 1. The first kappa shape index (κ1) is 13.7. The van der Waals surface area contributed by atoms with Crippen molar-refractivity contribution in [3.05, 3.63) is 28.8 Å². The summed E-state index contributed by atoms with van der Waals surface area (Å²) in [6.45, 7) is -0.182. The highest BCUT2D eigenvalue weighted by atomic mass is 35.5. The van der Waals surface area contributed by atoms with Gasteiger partial charge in [0.05, 0.1) is 6.61 Å². The van der Waals surface area contributed by atoms with Gasteiger partial charge in [-0.05, 0) is 12.1 Å². The van der Waals surface area contributed by atoms with Crippen LogP contribution < -0.4 is 5.32 Å². The second-order valence-electron chi connectivity index (χ2n) is 3.32. The van der Waals surface area contributed by atoms with Crippen LogP contribution in [-0.2, 0) is 0 Å². The molecule has 94 valence electrons. The normalized spacial score (nSPS) is 10.2. The number of halogens is 3. The Balaban J connectivity index is 2.85. The zero-order valence-electron chi connectivity index (χ0n) is 9.01. The Morgan fingerprint density at radius 2 is 2.00 bits per heavy atom. The summed E-state index contributed by atoms with van der Waals surface area (Å²) in [5.74, 6) is -1.92. The Hall–Kier alpha value is -1.40. The van der Waals surface area contributed by atoms with Crippen LogP contribution in [-0.4, -0.2) is 36.2 Å². The molecule has 0 saturated carbocycles. The lowest BCUT2D eigenvalue weighted by molar-refractivity contribution is 0.202. The molecule has 7 heteroatoms. The number of anilines is 1. The molecule has 0 aliphatic carbocycles. The van der Waals surface area contributed by atoms with Gasteiger partial charge in [-0.15, -0.1) is 0 Å². The lowest BCUT2D eigenvalue weighted by Crippen LogP contribution is -2.34. The topological polar surface area (TPSA) is 52.6 Å². The van der Waals surface area contributed by atoms with E-state index < -0.39 is 23.4 Å². The monoisotopic (exact) mass is 264 g/mol. The molecule has 0 atom stereocenters. The van der Waals surface area contributed by atoms with E-state index in [1.165, 1.54) is 7.05 Å². The number of carbonyl (C=O) groups is 1. The molecule has 0 fully saturated rings. The second-order valence-corrected chi connectivity index (χ2v) is 3.76. The molecule has 0 aliphatic heterocycles. The van der Waals surface area contributed by atoms with Gasteiger partial charge in [-0.3, -0.25) is 0 Å². The molecular weight excluding hydrogens is 254 g/mol. The van der Waals surface area contributed by atoms with Crippen molar-refractivity contribution in [3.8, 4) is 0 Å². The van der Waals surface area contributed by atoms with Gasteiger partial charge in [0.2, 0.25) is 0 Å². The van der Waals surface area contributed by atoms with Crippen molar-refractivity contribution in [3.63, 3.8) is 0 Å². The van der Waals surface area contributed by atoms with E-state index in [-0.39, 0.29) is 18.2 Å². The Morgan fingerprint density at radius 3 is 2.47 bits per heavy atom. The number of hydrogen-bond acceptors (Lipinski definition) is 2. The van der Waals surface area contributed by atoms with Crippen LogP contribution in [0.1, 0.15) is 0 Å². The standard InChI is InChI=1S/C10H11ClF2N2O2/c1-15(2-3-16)10(17)14-9-7(12)4-6(11)5-8(9)13/h4-5,16H,2-3H2,1H3,(H,14,17). The summed E-state index contributed by atoms with van der Waals surface area (Å²) >= 11 is 5.43. The Kier molecular flexibility index (Phi) is 4.65. The fourth-order valence-electron chi connectivity index (χ4n) is 1.12. The molecule has 0 aliphatic rings. The first-order valence-corrected chi connectivity index (χ1v) is 5.11. The first-order valence-electron chi connectivity index (χ1n) is 4.73. The molecule has 0 spiro atoms. The van der Waals surface area contributed by atoms with E-state index >= 15 is 0 Å². The number of carbonyl (C=O) groups excluding carboxylic acids is 1. The van der Waals surface area contributed by atoms with Crippen LogP contribution in [0.2, 0.25) is 5.02 Å². The van der Waals surface area contributed by atoms with Crippen LogP contribution in [0.5, 0.6) is 0 Å². The summed E-state index contributed by atoms with van der Waals surface area (Å²) in [4.78, 5) is 12.5. The molecular formula is C10H11ClF2N2O2. The van der Waals surface area contributed by atoms with Crippen LogP contribution in [0.15, 0.2) is 12.1 Å². The second kappa shape index (κ2) is 5.79. The largest absolute Gasteiger partial charge is 0.395 e. The van der Waals surface area contributed by atoms with E-state index in [0.29, 0.717) is 0 Å². The molecule has 2 N–H and O–H groups in total. The number of aliphatic hydroxyl groups excluding tert-OH is 1. The number of benzene rings is 1. The fourth-order valence-corrected chi connectivity index (χ4v) is 1.31. The molecule has 1 rings (SSSR count). The summed E-state index contributed by atoms with van der Waals surface area (Å²) in [6.07, 6.45) is 0. The number of hydrogen-bond donors (Lipinski definition) is 2. The van der Waals surface area contributed by atoms with E-state index in [1.54, 1.807) is 0 Å². The highest BCUT2D eigenvalue weighted by molar-refractivity contribution is 6.30. The van der Waals surface area contributed by atoms with Crippen LogP contribution in [0.25, 0.3) is 0 Å². The van der Waals surface area contributed by atoms with Gasteiger partial charge >= 0.3 is 6.03 Å². The maximum Gasteiger partial charge on any atom is 0.321 e. The smallest absolute Gasteiger partial charge is 0.321 e. The van der Waals surface area contributed by atoms with Gasteiger partial charge in [0.15, 0.2) is 11.6 Å². The van der Waals surface area contributed by atoms with E-state index in [0.717, 1.165) is 17.0 Å². The Bertz CT molecular complexity index is 406. The molecule has 17 heavy (non-hydrogen) atoms. The number of urea groups is 1. The molecule has 2 amide bonds. The van der Waals surface area contributed by atoms with Crippen LogP contribution in [0, 0.1) is 11.6 Å². The molecule has 0 unspecified atom stereocenters. The van der Waals surface area contributed by atoms with Gasteiger partial charge < -0.3 is 15.3 Å². The molecule has 0 saturated heterocycles. The van der Waals surface area contributed by atoms with Gasteiger partial charge in [-0.25, -0.2) is 13.6 Å². The molecule has 0 heterocycles. The van der Waals surface area contributed by atoms with Crippen LogP contribution in [0.4, 0.5) is 19.3 Å². The fraction of sp³-hybridized carbons (Fsp3) is 0.300. The van der Waals surface area contributed by atoms with Crippen molar-refractivity contribution in [1.29, 1.82) is 0 Å². The minimum absolute atomic E-state index is 0.0582. The third kappa shape index (κ3) is 3.54. The zero-order chi connectivity index (χ0) is 13.0. The molecule has 1 aromatic rings. The number of likely N-dealkylation sites (N-methyl/N-ethyl adjacent to an activating group) is 1. The van der Waals surface area contributed by atoms with E-state index in [4.69, 9.17) is 16.7 Å². The lowest BCUT2D eigenvalue weighted by atomic mass is 10.3. The van der Waals surface area contributed by atoms with Gasteiger partial charge in [-0.1, -0.05) is 11.6 Å². The average molecular weight is 265 g/mol. The number of nitrogens with one attached hydrogen (secondary N) is 1. The average Bonchev–Trinajstić information content (AvgIpc) is 2.23. The van der Waals surface area contributed by atoms with Gasteiger partial charge in [-0.2, -0.15) is 0 Å². The molecule has 1 aromatic carbocycles. The van der Waals surface area contributed by atoms with Gasteiger partial charge in [0, 0.05) is 18.6 Å². The Morgan fingerprint density at radius 1 is 1.47 bits per heavy atom. The number of rotatable bonds is 3. The van der Waals surface area contributed by atoms with Crippen molar-refractivity contribution in [2.45, 2.75) is 0 Å². The summed E-state index contributed by atoms with van der Waals surface area (Å²) in [7, 11) is 1.39. The van der Waals surface area contributed by atoms with Crippen molar-refractivity contribution in [1.82, 2.24) is 4.90 Å². The van der Waals surface area contributed by atoms with Crippen LogP contribution in [0.3, 0.4) is 0 Å². The number of aliphatic hydroxyl groups is 1. The van der Waals surface area contributed by atoms with Crippen molar-refractivity contribution < 1.29 is 18.7 Å². The minimum atomic E-state index is -0.958. The van der Waals surface area contributed by atoms with E-state index in [1.807, 2.05) is 0 Å². The van der Waals surface area contributed by atoms with E-state index in [9.17, 15) is 13.6 Å². The predicted octanol–water partition coefficient (Wildman–Crippen LogP) is 2.07. The van der Waals surface area contributed by atoms with Crippen molar-refractivity contribution >= 4 is 23.3 Å². The van der Waals surface area contributed by atoms with Crippen LogP contribution >= 0.6 is 11.6 Å². The summed E-state index contributed by atoms with van der Waals surface area (Å²) in [6, 6.07) is 1.07. The quantitative estimate of drug-likeness (QED) is 0.878. The minimum Gasteiger partial charge on any atom is -0.395 e. The maximum absolute atomic E-state index is 13.3.